The van der Waals surface area contributed by atoms with E-state index in [4.69, 9.17) is 18.9 Å². The highest BCUT2D eigenvalue weighted by Crippen LogP contribution is 2.32. The van der Waals surface area contributed by atoms with Gasteiger partial charge in [0.25, 0.3) is 0 Å². The number of pyridine rings is 1. The summed E-state index contributed by atoms with van der Waals surface area (Å²) in [5.41, 5.74) is -0.0929. The standard InChI is InChI=1S/C20H22F3NO5/c1-3-27-19(25)9-5-14-4-7-16(12-17(14)28-11-10-26-2)29-18-8-6-15(13-24-18)20(21,22)23/h4,6-8,12-13H,3,5,9-11H2,1-2H3. The first-order valence-electron chi connectivity index (χ1n) is 8.95. The molecule has 1 aromatic carbocycles. The Hall–Kier alpha value is -2.81. The first-order chi connectivity index (χ1) is 13.8. The minimum Gasteiger partial charge on any atom is -0.491 e. The van der Waals surface area contributed by atoms with Crippen molar-refractivity contribution in [3.8, 4) is 17.4 Å². The van der Waals surface area contributed by atoms with Gasteiger partial charge in [-0.25, -0.2) is 4.98 Å². The van der Waals surface area contributed by atoms with Gasteiger partial charge in [0, 0.05) is 31.9 Å². The lowest BCUT2D eigenvalue weighted by atomic mass is 10.1. The second-order valence-electron chi connectivity index (χ2n) is 5.90. The van der Waals surface area contributed by atoms with E-state index in [9.17, 15) is 18.0 Å². The number of nitrogens with zero attached hydrogens (tertiary/aromatic N) is 1. The quantitative estimate of drug-likeness (QED) is 0.425. The van der Waals surface area contributed by atoms with E-state index in [0.717, 1.165) is 17.7 Å². The lowest BCUT2D eigenvalue weighted by Crippen LogP contribution is -2.08. The molecule has 0 saturated heterocycles. The molecule has 0 aliphatic heterocycles. The van der Waals surface area contributed by atoms with Crippen molar-refractivity contribution in [1.82, 2.24) is 4.98 Å². The monoisotopic (exact) mass is 413 g/mol. The zero-order valence-corrected chi connectivity index (χ0v) is 16.1. The number of halogens is 3. The van der Waals surface area contributed by atoms with E-state index >= 15 is 0 Å². The molecule has 0 unspecified atom stereocenters. The average molecular weight is 413 g/mol. The topological polar surface area (TPSA) is 66.9 Å². The van der Waals surface area contributed by atoms with Gasteiger partial charge in [-0.15, -0.1) is 0 Å². The summed E-state index contributed by atoms with van der Waals surface area (Å²) in [6, 6.07) is 6.98. The maximum atomic E-state index is 12.6. The molecule has 1 heterocycles. The van der Waals surface area contributed by atoms with Crippen molar-refractivity contribution in [1.29, 1.82) is 0 Å². The fourth-order valence-electron chi connectivity index (χ4n) is 2.37. The van der Waals surface area contributed by atoms with Gasteiger partial charge in [-0.05, 0) is 31.0 Å². The molecule has 0 radical (unpaired) electrons. The third-order valence-electron chi connectivity index (χ3n) is 3.77. The summed E-state index contributed by atoms with van der Waals surface area (Å²) >= 11 is 0. The molecular formula is C20H22F3NO5. The second-order valence-corrected chi connectivity index (χ2v) is 5.90. The van der Waals surface area contributed by atoms with Crippen LogP contribution in [-0.2, 0) is 26.9 Å². The second kappa shape index (κ2) is 10.7. The molecule has 0 amide bonds. The van der Waals surface area contributed by atoms with Crippen molar-refractivity contribution >= 4 is 5.97 Å². The van der Waals surface area contributed by atoms with Crippen LogP contribution in [0.15, 0.2) is 36.5 Å². The summed E-state index contributed by atoms with van der Waals surface area (Å²) in [7, 11) is 1.54. The molecule has 0 spiro atoms. The molecule has 0 aliphatic carbocycles. The maximum absolute atomic E-state index is 12.6. The van der Waals surface area contributed by atoms with Crippen LogP contribution in [0.1, 0.15) is 24.5 Å². The van der Waals surface area contributed by atoms with Crippen LogP contribution >= 0.6 is 0 Å². The van der Waals surface area contributed by atoms with Crippen LogP contribution in [0.25, 0.3) is 0 Å². The molecule has 158 valence electrons. The molecule has 0 N–H and O–H groups in total. The van der Waals surface area contributed by atoms with Crippen LogP contribution in [0.5, 0.6) is 17.4 Å². The molecule has 0 fully saturated rings. The highest BCUT2D eigenvalue weighted by atomic mass is 19.4. The van der Waals surface area contributed by atoms with E-state index in [1.165, 1.54) is 0 Å². The predicted octanol–water partition coefficient (Wildman–Crippen LogP) is 4.41. The van der Waals surface area contributed by atoms with E-state index in [0.29, 0.717) is 37.3 Å². The van der Waals surface area contributed by atoms with Gasteiger partial charge in [-0.3, -0.25) is 4.79 Å². The van der Waals surface area contributed by atoms with Crippen molar-refractivity contribution < 1.29 is 36.9 Å². The number of rotatable bonds is 10. The van der Waals surface area contributed by atoms with Crippen LogP contribution in [0.3, 0.4) is 0 Å². The molecular weight excluding hydrogens is 391 g/mol. The van der Waals surface area contributed by atoms with Crippen molar-refractivity contribution in [2.24, 2.45) is 0 Å². The minimum absolute atomic E-state index is 0.0140. The average Bonchev–Trinajstić information content (AvgIpc) is 2.67. The predicted molar refractivity (Wildman–Crippen MR) is 98.1 cm³/mol. The van der Waals surface area contributed by atoms with Gasteiger partial charge in [0.05, 0.1) is 18.8 Å². The summed E-state index contributed by atoms with van der Waals surface area (Å²) in [6.45, 7) is 2.69. The van der Waals surface area contributed by atoms with Gasteiger partial charge in [0.15, 0.2) is 0 Å². The fraction of sp³-hybridized carbons (Fsp3) is 0.400. The van der Waals surface area contributed by atoms with Crippen molar-refractivity contribution in [3.05, 3.63) is 47.7 Å². The van der Waals surface area contributed by atoms with E-state index in [1.54, 1.807) is 32.2 Å². The van der Waals surface area contributed by atoms with Gasteiger partial charge in [0.2, 0.25) is 5.88 Å². The molecule has 9 heteroatoms. The van der Waals surface area contributed by atoms with Gasteiger partial charge in [-0.1, -0.05) is 6.07 Å². The first kappa shape index (κ1) is 22.5. The Bertz CT molecular complexity index is 794. The number of aryl methyl sites for hydroxylation is 1. The summed E-state index contributed by atoms with van der Waals surface area (Å²) in [5, 5.41) is 0. The first-order valence-corrected chi connectivity index (χ1v) is 8.95. The number of carbonyl (C=O) groups is 1. The van der Waals surface area contributed by atoms with Gasteiger partial charge >= 0.3 is 12.1 Å². The van der Waals surface area contributed by atoms with E-state index in [2.05, 4.69) is 4.98 Å². The highest BCUT2D eigenvalue weighted by Gasteiger charge is 2.30. The molecule has 0 saturated carbocycles. The Morgan fingerprint density at radius 1 is 1.14 bits per heavy atom. The number of alkyl halides is 3. The highest BCUT2D eigenvalue weighted by molar-refractivity contribution is 5.69. The zero-order valence-electron chi connectivity index (χ0n) is 16.1. The van der Waals surface area contributed by atoms with E-state index in [-0.39, 0.29) is 24.9 Å². The molecule has 6 nitrogen and oxygen atoms in total. The number of aromatic nitrogens is 1. The number of methoxy groups -OCH3 is 1. The van der Waals surface area contributed by atoms with E-state index < -0.39 is 11.7 Å². The normalized spacial score (nSPS) is 11.2. The third-order valence-corrected chi connectivity index (χ3v) is 3.77. The smallest absolute Gasteiger partial charge is 0.417 e. The summed E-state index contributed by atoms with van der Waals surface area (Å²) < 4.78 is 59.0. The van der Waals surface area contributed by atoms with Crippen LogP contribution in [0.4, 0.5) is 13.2 Å². The number of hydrogen-bond acceptors (Lipinski definition) is 6. The summed E-state index contributed by atoms with van der Waals surface area (Å²) in [6.07, 6.45) is -3.16. The number of ether oxygens (including phenoxy) is 4. The Morgan fingerprint density at radius 3 is 2.55 bits per heavy atom. The molecule has 1 aromatic heterocycles. The zero-order chi connectivity index (χ0) is 21.3. The van der Waals surface area contributed by atoms with Crippen molar-refractivity contribution in [3.63, 3.8) is 0 Å². The van der Waals surface area contributed by atoms with Gasteiger partial charge < -0.3 is 18.9 Å². The lowest BCUT2D eigenvalue weighted by Gasteiger charge is -2.14. The third kappa shape index (κ3) is 7.26. The van der Waals surface area contributed by atoms with Crippen LogP contribution in [-0.4, -0.2) is 37.9 Å². The van der Waals surface area contributed by atoms with Gasteiger partial charge in [0.1, 0.15) is 18.1 Å². The van der Waals surface area contributed by atoms with E-state index in [1.807, 2.05) is 0 Å². The van der Waals surface area contributed by atoms with Crippen molar-refractivity contribution in [2.75, 3.05) is 26.9 Å². The Kier molecular flexibility index (Phi) is 8.26. The number of benzene rings is 1. The van der Waals surface area contributed by atoms with Crippen LogP contribution < -0.4 is 9.47 Å². The summed E-state index contributed by atoms with van der Waals surface area (Å²) in [4.78, 5) is 15.3. The Morgan fingerprint density at radius 2 is 1.93 bits per heavy atom. The van der Waals surface area contributed by atoms with Crippen LogP contribution in [0, 0.1) is 0 Å². The SMILES string of the molecule is CCOC(=O)CCc1ccc(Oc2ccc(C(F)(F)F)cn2)cc1OCCOC. The number of esters is 1. The van der Waals surface area contributed by atoms with Gasteiger partial charge in [-0.2, -0.15) is 13.2 Å². The molecule has 2 rings (SSSR count). The number of carbonyl (C=O) groups excluding carboxylic acids is 1. The molecule has 0 atom stereocenters. The molecule has 29 heavy (non-hydrogen) atoms. The summed E-state index contributed by atoms with van der Waals surface area (Å²) in [5.74, 6) is 0.519. The largest absolute Gasteiger partial charge is 0.491 e. The number of hydrogen-bond donors (Lipinski definition) is 0. The van der Waals surface area contributed by atoms with Crippen LogP contribution in [0.2, 0.25) is 0 Å². The molecule has 0 bridgehead atoms. The lowest BCUT2D eigenvalue weighted by molar-refractivity contribution is -0.143. The maximum Gasteiger partial charge on any atom is 0.417 e. The Balaban J connectivity index is 2.13. The minimum atomic E-state index is -4.46. The Labute approximate surface area is 166 Å². The fourth-order valence-corrected chi connectivity index (χ4v) is 2.37. The molecule has 2 aromatic rings. The molecule has 0 aliphatic rings. The van der Waals surface area contributed by atoms with Crippen molar-refractivity contribution in [2.45, 2.75) is 25.9 Å².